The van der Waals surface area contributed by atoms with Crippen LogP contribution in [0, 0.1) is 5.92 Å². The van der Waals surface area contributed by atoms with Gasteiger partial charge in [-0.1, -0.05) is 13.8 Å². The van der Waals surface area contributed by atoms with E-state index in [0.29, 0.717) is 16.6 Å². The number of H-pyrrole nitrogens is 1. The summed E-state index contributed by atoms with van der Waals surface area (Å²) in [6.07, 6.45) is -0.537. The molecule has 0 bridgehead atoms. The van der Waals surface area contributed by atoms with Crippen molar-refractivity contribution in [1.29, 1.82) is 0 Å². The molecule has 2 aromatic rings. The third-order valence-electron chi connectivity index (χ3n) is 2.82. The highest BCUT2D eigenvalue weighted by atomic mass is 16.3. The maximum absolute atomic E-state index is 11.9. The summed E-state index contributed by atoms with van der Waals surface area (Å²) in [4.78, 5) is 11.9. The standard InChI is InChI=1S/C12H16N4O2/c1-7(2)11(17)6-13-12(18)8-3-4-9-10(5-8)15-16-14-9/h3-5,7,11,17H,6H2,1-2H3,(H,13,18)(H,14,15,16). The van der Waals surface area contributed by atoms with Gasteiger partial charge in [-0.15, -0.1) is 0 Å². The first-order valence-electron chi connectivity index (χ1n) is 5.84. The minimum Gasteiger partial charge on any atom is -0.391 e. The first-order valence-corrected chi connectivity index (χ1v) is 5.84. The molecule has 0 spiro atoms. The summed E-state index contributed by atoms with van der Waals surface area (Å²) in [6, 6.07) is 5.07. The second kappa shape index (κ2) is 5.14. The van der Waals surface area contributed by atoms with Gasteiger partial charge in [-0.05, 0) is 24.1 Å². The molecule has 1 aromatic carbocycles. The molecule has 0 radical (unpaired) electrons. The van der Waals surface area contributed by atoms with E-state index < -0.39 is 6.10 Å². The number of aliphatic hydroxyl groups is 1. The number of benzene rings is 1. The number of rotatable bonds is 4. The smallest absolute Gasteiger partial charge is 0.251 e. The molecule has 6 nitrogen and oxygen atoms in total. The molecule has 18 heavy (non-hydrogen) atoms. The van der Waals surface area contributed by atoms with Crippen molar-refractivity contribution in [3.8, 4) is 0 Å². The van der Waals surface area contributed by atoms with Crippen molar-refractivity contribution in [3.63, 3.8) is 0 Å². The Kier molecular flexibility index (Phi) is 3.57. The summed E-state index contributed by atoms with van der Waals surface area (Å²) in [6.45, 7) is 4.05. The maximum Gasteiger partial charge on any atom is 0.251 e. The van der Waals surface area contributed by atoms with E-state index in [-0.39, 0.29) is 18.4 Å². The highest BCUT2D eigenvalue weighted by Crippen LogP contribution is 2.10. The van der Waals surface area contributed by atoms with Gasteiger partial charge < -0.3 is 10.4 Å². The molecule has 1 atom stereocenters. The fourth-order valence-electron chi connectivity index (χ4n) is 1.52. The van der Waals surface area contributed by atoms with Crippen LogP contribution in [0.2, 0.25) is 0 Å². The molecule has 1 aromatic heterocycles. The van der Waals surface area contributed by atoms with E-state index in [4.69, 9.17) is 0 Å². The summed E-state index contributed by atoms with van der Waals surface area (Å²) in [7, 11) is 0. The average Bonchev–Trinajstić information content (AvgIpc) is 2.82. The lowest BCUT2D eigenvalue weighted by molar-refractivity contribution is 0.0871. The minimum atomic E-state index is -0.537. The zero-order chi connectivity index (χ0) is 13.1. The van der Waals surface area contributed by atoms with Crippen LogP contribution in [-0.4, -0.2) is 39.1 Å². The number of hydrogen-bond donors (Lipinski definition) is 3. The third kappa shape index (κ3) is 2.65. The van der Waals surface area contributed by atoms with Crippen LogP contribution in [0.25, 0.3) is 11.0 Å². The number of fused-ring (bicyclic) bond motifs is 1. The predicted octanol–water partition coefficient (Wildman–Crippen LogP) is 0.705. The minimum absolute atomic E-state index is 0.114. The molecule has 1 unspecified atom stereocenters. The summed E-state index contributed by atoms with van der Waals surface area (Å²) in [5, 5.41) is 22.6. The Morgan fingerprint density at radius 1 is 1.39 bits per heavy atom. The molecule has 3 N–H and O–H groups in total. The SMILES string of the molecule is CC(C)C(O)CNC(=O)c1ccc2n[nH]nc2c1. The Balaban J connectivity index is 2.04. The largest absolute Gasteiger partial charge is 0.391 e. The molecule has 96 valence electrons. The van der Waals surface area contributed by atoms with E-state index in [2.05, 4.69) is 20.7 Å². The van der Waals surface area contributed by atoms with E-state index in [1.165, 1.54) is 0 Å². The molecule has 1 heterocycles. The summed E-state index contributed by atoms with van der Waals surface area (Å²) >= 11 is 0. The Morgan fingerprint density at radius 2 is 2.11 bits per heavy atom. The van der Waals surface area contributed by atoms with Crippen LogP contribution in [0.15, 0.2) is 18.2 Å². The van der Waals surface area contributed by atoms with Gasteiger partial charge in [0.05, 0.1) is 6.10 Å². The van der Waals surface area contributed by atoms with Crippen LogP contribution in [0.4, 0.5) is 0 Å². The van der Waals surface area contributed by atoms with Gasteiger partial charge in [-0.2, -0.15) is 15.4 Å². The Hall–Kier alpha value is -1.95. The number of aliphatic hydroxyl groups excluding tert-OH is 1. The van der Waals surface area contributed by atoms with Gasteiger partial charge in [-0.25, -0.2) is 0 Å². The first-order chi connectivity index (χ1) is 8.58. The van der Waals surface area contributed by atoms with Crippen LogP contribution in [0.3, 0.4) is 0 Å². The van der Waals surface area contributed by atoms with Gasteiger partial charge in [0.25, 0.3) is 5.91 Å². The Morgan fingerprint density at radius 3 is 2.83 bits per heavy atom. The highest BCUT2D eigenvalue weighted by Gasteiger charge is 2.12. The first kappa shape index (κ1) is 12.5. The van der Waals surface area contributed by atoms with Crippen LogP contribution in [0.1, 0.15) is 24.2 Å². The van der Waals surface area contributed by atoms with Crippen molar-refractivity contribution in [1.82, 2.24) is 20.7 Å². The highest BCUT2D eigenvalue weighted by molar-refractivity contribution is 5.97. The van der Waals surface area contributed by atoms with Crippen molar-refractivity contribution < 1.29 is 9.90 Å². The fourth-order valence-corrected chi connectivity index (χ4v) is 1.52. The maximum atomic E-state index is 11.9. The molecule has 0 aliphatic rings. The molecule has 1 amide bonds. The molecule has 0 aliphatic heterocycles. The Labute approximate surface area is 104 Å². The van der Waals surface area contributed by atoms with Gasteiger partial charge in [0.1, 0.15) is 11.0 Å². The number of aromatic nitrogens is 3. The van der Waals surface area contributed by atoms with Crippen molar-refractivity contribution in [2.24, 2.45) is 5.92 Å². The average molecular weight is 248 g/mol. The normalized spacial score (nSPS) is 12.9. The number of nitrogens with one attached hydrogen (secondary N) is 2. The lowest BCUT2D eigenvalue weighted by Crippen LogP contribution is -2.34. The zero-order valence-corrected chi connectivity index (χ0v) is 10.3. The molecule has 2 rings (SSSR count). The van der Waals surface area contributed by atoms with Crippen LogP contribution < -0.4 is 5.32 Å². The molecule has 0 saturated heterocycles. The fraction of sp³-hybridized carbons (Fsp3) is 0.417. The monoisotopic (exact) mass is 248 g/mol. The summed E-state index contributed by atoms with van der Waals surface area (Å²) in [5.41, 5.74) is 1.87. The number of amides is 1. The lowest BCUT2D eigenvalue weighted by Gasteiger charge is -2.14. The molecule has 0 saturated carbocycles. The summed E-state index contributed by atoms with van der Waals surface area (Å²) in [5.74, 6) is -0.108. The van der Waals surface area contributed by atoms with Crippen LogP contribution in [0.5, 0.6) is 0 Å². The zero-order valence-electron chi connectivity index (χ0n) is 10.3. The topological polar surface area (TPSA) is 90.9 Å². The third-order valence-corrected chi connectivity index (χ3v) is 2.82. The van der Waals surface area contributed by atoms with Crippen molar-refractivity contribution in [2.75, 3.05) is 6.54 Å². The number of carbonyl (C=O) groups excluding carboxylic acids is 1. The molecule has 0 aliphatic carbocycles. The van der Waals surface area contributed by atoms with Crippen LogP contribution >= 0.6 is 0 Å². The quantitative estimate of drug-likeness (QED) is 0.743. The second-order valence-corrected chi connectivity index (χ2v) is 4.55. The number of hydrogen-bond acceptors (Lipinski definition) is 4. The van der Waals surface area contributed by atoms with Crippen molar-refractivity contribution in [2.45, 2.75) is 20.0 Å². The van der Waals surface area contributed by atoms with Crippen molar-refractivity contribution >= 4 is 16.9 Å². The summed E-state index contributed by atoms with van der Waals surface area (Å²) < 4.78 is 0. The van der Waals surface area contributed by atoms with E-state index in [1.54, 1.807) is 18.2 Å². The van der Waals surface area contributed by atoms with Gasteiger partial charge in [0, 0.05) is 12.1 Å². The van der Waals surface area contributed by atoms with E-state index in [9.17, 15) is 9.90 Å². The van der Waals surface area contributed by atoms with E-state index in [1.807, 2.05) is 13.8 Å². The predicted molar refractivity (Wildman–Crippen MR) is 67.1 cm³/mol. The van der Waals surface area contributed by atoms with E-state index in [0.717, 1.165) is 0 Å². The number of carbonyl (C=O) groups is 1. The van der Waals surface area contributed by atoms with Gasteiger partial charge >= 0.3 is 0 Å². The molecule has 0 fully saturated rings. The lowest BCUT2D eigenvalue weighted by atomic mass is 10.1. The van der Waals surface area contributed by atoms with Crippen molar-refractivity contribution in [3.05, 3.63) is 23.8 Å². The molecular weight excluding hydrogens is 232 g/mol. The molecular formula is C12H16N4O2. The molecule has 6 heteroatoms. The van der Waals surface area contributed by atoms with Gasteiger partial charge in [0.15, 0.2) is 0 Å². The number of nitrogens with zero attached hydrogens (tertiary/aromatic N) is 2. The van der Waals surface area contributed by atoms with Crippen LogP contribution in [-0.2, 0) is 0 Å². The Bertz CT molecular complexity index is 550. The van der Waals surface area contributed by atoms with Gasteiger partial charge in [-0.3, -0.25) is 4.79 Å². The second-order valence-electron chi connectivity index (χ2n) is 4.55. The number of aromatic amines is 1. The van der Waals surface area contributed by atoms with E-state index >= 15 is 0 Å². The van der Waals surface area contributed by atoms with Gasteiger partial charge in [0.2, 0.25) is 0 Å².